The van der Waals surface area contributed by atoms with Crippen LogP contribution in [0.4, 0.5) is 8.78 Å². The van der Waals surface area contributed by atoms with E-state index in [9.17, 15) is 8.78 Å². The van der Waals surface area contributed by atoms with Crippen molar-refractivity contribution in [2.75, 3.05) is 13.1 Å². The van der Waals surface area contributed by atoms with Gasteiger partial charge in [0.15, 0.2) is 0 Å². The Morgan fingerprint density at radius 3 is 2.18 bits per heavy atom. The average Bonchev–Trinajstić information content (AvgIpc) is 1.60. The molecule has 0 spiro atoms. The van der Waals surface area contributed by atoms with Crippen LogP contribution in [0.15, 0.2) is 0 Å². The van der Waals surface area contributed by atoms with Gasteiger partial charge in [0.2, 0.25) is 0 Å². The first-order valence-electron chi connectivity index (χ1n) is 2.94. The molecule has 11 heavy (non-hydrogen) atoms. The maximum absolute atomic E-state index is 12.3. The second-order valence-corrected chi connectivity index (χ2v) is 2.45. The molecule has 0 saturated carbocycles. The van der Waals surface area contributed by atoms with Crippen molar-refractivity contribution in [1.29, 1.82) is 0 Å². The molecule has 0 aromatic carbocycles. The molecule has 0 radical (unpaired) electrons. The number of halogens is 4. The normalized spacial score (nSPS) is 28.1. The number of nitrogens with one attached hydrogen (secondary N) is 1. The van der Waals surface area contributed by atoms with Crippen LogP contribution in [0.25, 0.3) is 0 Å². The van der Waals surface area contributed by atoms with Gasteiger partial charge in [-0.1, -0.05) is 0 Å². The van der Waals surface area contributed by atoms with E-state index >= 15 is 0 Å². The van der Waals surface area contributed by atoms with E-state index in [2.05, 4.69) is 5.32 Å². The minimum Gasteiger partial charge on any atom is -0.326 e. The van der Waals surface area contributed by atoms with Gasteiger partial charge in [-0.2, -0.15) is 0 Å². The van der Waals surface area contributed by atoms with E-state index in [1.165, 1.54) is 0 Å². The zero-order chi connectivity index (χ0) is 6.91. The molecule has 70 valence electrons. The Kier molecular flexibility index (Phi) is 6.43. The summed E-state index contributed by atoms with van der Waals surface area (Å²) in [5.41, 5.74) is 5.27. The molecule has 0 amide bonds. The van der Waals surface area contributed by atoms with Gasteiger partial charge in [-0.15, -0.1) is 24.8 Å². The standard InChI is InChI=1S/C5H10F2N2.2ClH/c6-5(7)1-4(8)2-9-3-5;;/h4,9H,1-3,8H2;2*1H/t4-;;/m1../s1. The molecule has 1 aliphatic heterocycles. The fraction of sp³-hybridized carbons (Fsp3) is 1.00. The largest absolute Gasteiger partial charge is 0.326 e. The molecule has 1 saturated heterocycles. The molecule has 0 bridgehead atoms. The summed E-state index contributed by atoms with van der Waals surface area (Å²) in [7, 11) is 0. The van der Waals surface area contributed by atoms with Crippen LogP contribution < -0.4 is 11.1 Å². The molecule has 1 aliphatic rings. The Balaban J connectivity index is 0. The van der Waals surface area contributed by atoms with Crippen LogP contribution in [-0.4, -0.2) is 25.1 Å². The van der Waals surface area contributed by atoms with Crippen LogP contribution in [0.2, 0.25) is 0 Å². The van der Waals surface area contributed by atoms with Crippen molar-refractivity contribution in [3.63, 3.8) is 0 Å². The third kappa shape index (κ3) is 4.74. The number of nitrogens with two attached hydrogens (primary N) is 1. The lowest BCUT2D eigenvalue weighted by Gasteiger charge is -2.26. The maximum atomic E-state index is 12.3. The minimum absolute atomic E-state index is 0. The van der Waals surface area contributed by atoms with Crippen LogP contribution in [0.1, 0.15) is 6.42 Å². The summed E-state index contributed by atoms with van der Waals surface area (Å²) < 4.78 is 24.6. The Bertz CT molecular complexity index is 113. The van der Waals surface area contributed by atoms with E-state index in [1.807, 2.05) is 0 Å². The Hall–Kier alpha value is 0.360. The lowest BCUT2D eigenvalue weighted by Crippen LogP contribution is -2.49. The van der Waals surface area contributed by atoms with E-state index < -0.39 is 5.92 Å². The topological polar surface area (TPSA) is 38.0 Å². The quantitative estimate of drug-likeness (QED) is 0.618. The lowest BCUT2D eigenvalue weighted by atomic mass is 10.1. The molecule has 1 atom stereocenters. The number of alkyl halides is 2. The van der Waals surface area contributed by atoms with Crippen LogP contribution in [0, 0.1) is 0 Å². The van der Waals surface area contributed by atoms with E-state index in [0.717, 1.165) is 0 Å². The average molecular weight is 209 g/mol. The van der Waals surface area contributed by atoms with Crippen molar-refractivity contribution in [2.45, 2.75) is 18.4 Å². The van der Waals surface area contributed by atoms with Gasteiger partial charge in [0.05, 0.1) is 6.54 Å². The molecule has 1 heterocycles. The van der Waals surface area contributed by atoms with Gasteiger partial charge in [-0.3, -0.25) is 0 Å². The monoisotopic (exact) mass is 208 g/mol. The Morgan fingerprint density at radius 2 is 1.91 bits per heavy atom. The van der Waals surface area contributed by atoms with Crippen molar-refractivity contribution in [1.82, 2.24) is 5.32 Å². The zero-order valence-corrected chi connectivity index (χ0v) is 7.48. The van der Waals surface area contributed by atoms with E-state index in [0.29, 0.717) is 6.54 Å². The highest BCUT2D eigenvalue weighted by Gasteiger charge is 2.34. The van der Waals surface area contributed by atoms with Crippen LogP contribution in [0.3, 0.4) is 0 Å². The number of hydrogen-bond donors (Lipinski definition) is 2. The first-order chi connectivity index (χ1) is 4.10. The van der Waals surface area contributed by atoms with Crippen molar-refractivity contribution < 1.29 is 8.78 Å². The summed E-state index contributed by atoms with van der Waals surface area (Å²) in [5.74, 6) is -2.59. The summed E-state index contributed by atoms with van der Waals surface area (Å²) in [5, 5.41) is 2.55. The molecule has 1 fully saturated rings. The second kappa shape index (κ2) is 5.09. The van der Waals surface area contributed by atoms with Crippen molar-refractivity contribution in [2.24, 2.45) is 5.73 Å². The lowest BCUT2D eigenvalue weighted by molar-refractivity contribution is -0.0266. The van der Waals surface area contributed by atoms with E-state index in [1.54, 1.807) is 0 Å². The first kappa shape index (κ1) is 13.9. The van der Waals surface area contributed by atoms with Gasteiger partial charge in [0.1, 0.15) is 0 Å². The molecule has 3 N–H and O–H groups in total. The third-order valence-corrected chi connectivity index (χ3v) is 1.35. The van der Waals surface area contributed by atoms with E-state index in [-0.39, 0.29) is 43.8 Å². The Morgan fingerprint density at radius 1 is 1.36 bits per heavy atom. The van der Waals surface area contributed by atoms with E-state index in [4.69, 9.17) is 5.73 Å². The molecule has 0 aromatic rings. The van der Waals surface area contributed by atoms with Gasteiger partial charge in [0.25, 0.3) is 5.92 Å². The number of piperidine rings is 1. The van der Waals surface area contributed by atoms with Crippen LogP contribution >= 0.6 is 24.8 Å². The molecule has 0 aromatic heterocycles. The number of rotatable bonds is 0. The van der Waals surface area contributed by atoms with Crippen LogP contribution in [0.5, 0.6) is 0 Å². The van der Waals surface area contributed by atoms with Gasteiger partial charge < -0.3 is 11.1 Å². The molecule has 1 rings (SSSR count). The predicted octanol–water partition coefficient (Wildman–Crippen LogP) is 0.786. The fourth-order valence-electron chi connectivity index (χ4n) is 0.968. The summed E-state index contributed by atoms with van der Waals surface area (Å²) in [6, 6.07) is -0.381. The highest BCUT2D eigenvalue weighted by molar-refractivity contribution is 5.85. The first-order valence-corrected chi connectivity index (χ1v) is 2.94. The molecule has 0 unspecified atom stereocenters. The van der Waals surface area contributed by atoms with Crippen LogP contribution in [-0.2, 0) is 0 Å². The van der Waals surface area contributed by atoms with Gasteiger partial charge >= 0.3 is 0 Å². The minimum atomic E-state index is -2.59. The highest BCUT2D eigenvalue weighted by Crippen LogP contribution is 2.20. The van der Waals surface area contributed by atoms with Crippen molar-refractivity contribution in [3.8, 4) is 0 Å². The fourth-order valence-corrected chi connectivity index (χ4v) is 0.968. The molecular weight excluding hydrogens is 197 g/mol. The zero-order valence-electron chi connectivity index (χ0n) is 5.85. The third-order valence-electron chi connectivity index (χ3n) is 1.35. The maximum Gasteiger partial charge on any atom is 0.261 e. The van der Waals surface area contributed by atoms with Gasteiger partial charge in [0, 0.05) is 19.0 Å². The molecule has 2 nitrogen and oxygen atoms in total. The Labute approximate surface area is 76.7 Å². The second-order valence-electron chi connectivity index (χ2n) is 2.45. The molecular formula is C5H12Cl2F2N2. The highest BCUT2D eigenvalue weighted by atomic mass is 35.5. The van der Waals surface area contributed by atoms with Crippen molar-refractivity contribution >= 4 is 24.8 Å². The molecule has 0 aliphatic carbocycles. The SMILES string of the molecule is Cl.Cl.N[C@H]1CNCC(F)(F)C1. The smallest absolute Gasteiger partial charge is 0.261 e. The number of hydrogen-bond acceptors (Lipinski definition) is 2. The summed E-state index contributed by atoms with van der Waals surface area (Å²) >= 11 is 0. The van der Waals surface area contributed by atoms with Gasteiger partial charge in [-0.25, -0.2) is 8.78 Å². The summed E-state index contributed by atoms with van der Waals surface area (Å²) in [6.07, 6.45) is -0.181. The summed E-state index contributed by atoms with van der Waals surface area (Å²) in [4.78, 5) is 0. The molecule has 6 heteroatoms. The summed E-state index contributed by atoms with van der Waals surface area (Å²) in [6.45, 7) is 0.288. The van der Waals surface area contributed by atoms with Crippen molar-refractivity contribution in [3.05, 3.63) is 0 Å². The predicted molar refractivity (Wildman–Crippen MR) is 44.9 cm³/mol. The van der Waals surface area contributed by atoms with Gasteiger partial charge in [-0.05, 0) is 0 Å².